The number of ether oxygens (including phenoxy) is 1. The van der Waals surface area contributed by atoms with Gasteiger partial charge in [-0.3, -0.25) is 4.79 Å². The zero-order chi connectivity index (χ0) is 17.4. The van der Waals surface area contributed by atoms with Gasteiger partial charge in [-0.05, 0) is 38.8 Å². The highest BCUT2D eigenvalue weighted by molar-refractivity contribution is 9.10. The molecule has 4 aromatic rings. The van der Waals surface area contributed by atoms with E-state index in [0.29, 0.717) is 6.61 Å². The van der Waals surface area contributed by atoms with E-state index in [1.54, 1.807) is 17.7 Å². The molecule has 0 amide bonds. The van der Waals surface area contributed by atoms with E-state index in [9.17, 15) is 4.79 Å². The van der Waals surface area contributed by atoms with Crippen LogP contribution in [0.1, 0.15) is 5.56 Å². The number of fused-ring (bicyclic) bond motifs is 2. The molecule has 0 atom stereocenters. The number of pyridine rings is 1. The maximum Gasteiger partial charge on any atom is 0.251 e. The van der Waals surface area contributed by atoms with Gasteiger partial charge in [0.15, 0.2) is 0 Å². The topological polar surface area (TPSA) is 31.2 Å². The number of para-hydroxylation sites is 1. The maximum atomic E-state index is 12.2. The number of aryl methyl sites for hydroxylation is 1. The van der Waals surface area contributed by atoms with Gasteiger partial charge in [0.2, 0.25) is 0 Å². The molecule has 3 nitrogen and oxygen atoms in total. The summed E-state index contributed by atoms with van der Waals surface area (Å²) in [5.41, 5.74) is 1.76. The van der Waals surface area contributed by atoms with E-state index in [4.69, 9.17) is 4.74 Å². The first-order valence-electron chi connectivity index (χ1n) is 8.03. The van der Waals surface area contributed by atoms with Gasteiger partial charge in [0, 0.05) is 24.1 Å². The van der Waals surface area contributed by atoms with Crippen LogP contribution >= 0.6 is 15.9 Å². The molecule has 0 aliphatic carbocycles. The molecule has 0 radical (unpaired) electrons. The highest BCUT2D eigenvalue weighted by atomic mass is 79.9. The van der Waals surface area contributed by atoms with Gasteiger partial charge in [0.05, 0.1) is 9.99 Å². The summed E-state index contributed by atoms with van der Waals surface area (Å²) in [5, 5.41) is 3.29. The SMILES string of the molecule is Cn1c(=O)cc(COc2ccc3ccccc3c2Br)c2ccccc21. The Balaban J connectivity index is 1.73. The standard InChI is InChI=1S/C21H16BrNO2/c1-23-18-9-5-4-7-16(18)15(12-20(23)24)13-25-19-11-10-14-6-2-3-8-17(14)21(19)22/h2-12H,13H2,1H3. The smallest absolute Gasteiger partial charge is 0.251 e. The van der Waals surface area contributed by atoms with Crippen LogP contribution in [0.2, 0.25) is 0 Å². The lowest BCUT2D eigenvalue weighted by atomic mass is 10.1. The summed E-state index contributed by atoms with van der Waals surface area (Å²) in [5.74, 6) is 0.767. The number of aromatic nitrogens is 1. The van der Waals surface area contributed by atoms with Gasteiger partial charge in [-0.1, -0.05) is 48.5 Å². The average Bonchev–Trinajstić information content (AvgIpc) is 2.65. The van der Waals surface area contributed by atoms with E-state index in [1.807, 2.05) is 48.5 Å². The van der Waals surface area contributed by atoms with E-state index < -0.39 is 0 Å². The van der Waals surface area contributed by atoms with Crippen LogP contribution in [0.3, 0.4) is 0 Å². The lowest BCUT2D eigenvalue weighted by Crippen LogP contribution is -2.17. The molecule has 1 aromatic heterocycles. The maximum absolute atomic E-state index is 12.2. The van der Waals surface area contributed by atoms with Crippen molar-refractivity contribution >= 4 is 37.6 Å². The minimum atomic E-state index is -0.0325. The van der Waals surface area contributed by atoms with Crippen LogP contribution in [0.15, 0.2) is 76.0 Å². The fraction of sp³-hybridized carbons (Fsp3) is 0.0952. The molecule has 0 bridgehead atoms. The van der Waals surface area contributed by atoms with Crippen molar-refractivity contribution in [3.05, 3.63) is 87.1 Å². The summed E-state index contributed by atoms with van der Waals surface area (Å²) in [6, 6.07) is 21.7. The Morgan fingerprint density at radius 3 is 2.52 bits per heavy atom. The Bertz CT molecular complexity index is 1150. The summed E-state index contributed by atoms with van der Waals surface area (Å²) in [6.07, 6.45) is 0. The highest BCUT2D eigenvalue weighted by Gasteiger charge is 2.09. The Morgan fingerprint density at radius 1 is 0.960 bits per heavy atom. The van der Waals surface area contributed by atoms with E-state index in [-0.39, 0.29) is 5.56 Å². The van der Waals surface area contributed by atoms with Crippen LogP contribution in [0.5, 0.6) is 5.75 Å². The van der Waals surface area contributed by atoms with Crippen LogP contribution in [0.4, 0.5) is 0 Å². The molecule has 0 fully saturated rings. The second kappa shape index (κ2) is 6.37. The Labute approximate surface area is 153 Å². The molecule has 0 aliphatic heterocycles. The molecular formula is C21H16BrNO2. The van der Waals surface area contributed by atoms with Gasteiger partial charge in [0.25, 0.3) is 5.56 Å². The van der Waals surface area contributed by atoms with Crippen molar-refractivity contribution in [3.63, 3.8) is 0 Å². The third-order valence-electron chi connectivity index (χ3n) is 4.45. The number of hydrogen-bond acceptors (Lipinski definition) is 2. The molecule has 1 heterocycles. The molecule has 4 rings (SSSR count). The molecule has 0 saturated carbocycles. The Morgan fingerprint density at radius 2 is 1.68 bits per heavy atom. The average molecular weight is 394 g/mol. The van der Waals surface area contributed by atoms with Crippen LogP contribution in [-0.4, -0.2) is 4.57 Å². The predicted molar refractivity (Wildman–Crippen MR) is 105 cm³/mol. The van der Waals surface area contributed by atoms with Crippen molar-refractivity contribution in [2.75, 3.05) is 0 Å². The fourth-order valence-electron chi connectivity index (χ4n) is 3.08. The zero-order valence-electron chi connectivity index (χ0n) is 13.7. The summed E-state index contributed by atoms with van der Waals surface area (Å²) in [7, 11) is 1.79. The van der Waals surface area contributed by atoms with E-state index in [1.165, 1.54) is 0 Å². The lowest BCUT2D eigenvalue weighted by Gasteiger charge is -2.13. The van der Waals surface area contributed by atoms with Crippen molar-refractivity contribution < 1.29 is 4.74 Å². The molecule has 0 N–H and O–H groups in total. The van der Waals surface area contributed by atoms with Gasteiger partial charge in [0.1, 0.15) is 12.4 Å². The van der Waals surface area contributed by atoms with E-state index >= 15 is 0 Å². The Kier molecular flexibility index (Phi) is 4.06. The van der Waals surface area contributed by atoms with Gasteiger partial charge in [-0.25, -0.2) is 0 Å². The van der Waals surface area contributed by atoms with Crippen molar-refractivity contribution in [1.29, 1.82) is 0 Å². The van der Waals surface area contributed by atoms with Gasteiger partial charge >= 0.3 is 0 Å². The normalized spacial score (nSPS) is 11.1. The number of nitrogens with zero attached hydrogens (tertiary/aromatic N) is 1. The summed E-state index contributed by atoms with van der Waals surface area (Å²) >= 11 is 3.64. The predicted octanol–water partition coefficient (Wildman–Crippen LogP) is 5.03. The molecule has 25 heavy (non-hydrogen) atoms. The largest absolute Gasteiger partial charge is 0.488 e. The van der Waals surface area contributed by atoms with Crippen LogP contribution in [0, 0.1) is 0 Å². The number of halogens is 1. The first-order chi connectivity index (χ1) is 12.1. The Hall–Kier alpha value is -2.59. The van der Waals surface area contributed by atoms with Crippen molar-refractivity contribution in [1.82, 2.24) is 4.57 Å². The van der Waals surface area contributed by atoms with Gasteiger partial charge in [-0.2, -0.15) is 0 Å². The first kappa shape index (κ1) is 15.9. The lowest BCUT2D eigenvalue weighted by molar-refractivity contribution is 0.306. The van der Waals surface area contributed by atoms with Gasteiger partial charge < -0.3 is 9.30 Å². The fourth-order valence-corrected chi connectivity index (χ4v) is 3.69. The minimum absolute atomic E-state index is 0.0325. The summed E-state index contributed by atoms with van der Waals surface area (Å²) in [6.45, 7) is 0.341. The zero-order valence-corrected chi connectivity index (χ0v) is 15.3. The number of benzene rings is 3. The highest BCUT2D eigenvalue weighted by Crippen LogP contribution is 2.33. The molecule has 0 unspecified atom stereocenters. The van der Waals surface area contributed by atoms with Crippen molar-refractivity contribution in [2.24, 2.45) is 7.05 Å². The number of hydrogen-bond donors (Lipinski definition) is 0. The third-order valence-corrected chi connectivity index (χ3v) is 5.27. The van der Waals surface area contributed by atoms with E-state index in [2.05, 4.69) is 28.1 Å². The monoisotopic (exact) mass is 393 g/mol. The molecule has 4 heteroatoms. The number of rotatable bonds is 3. The quantitative estimate of drug-likeness (QED) is 0.488. The van der Waals surface area contributed by atoms with Crippen molar-refractivity contribution in [2.45, 2.75) is 6.61 Å². The van der Waals surface area contributed by atoms with Gasteiger partial charge in [-0.15, -0.1) is 0 Å². The third kappa shape index (κ3) is 2.83. The molecule has 3 aromatic carbocycles. The molecular weight excluding hydrogens is 378 g/mol. The molecule has 0 spiro atoms. The second-order valence-corrected chi connectivity index (χ2v) is 6.76. The molecule has 0 saturated heterocycles. The summed E-state index contributed by atoms with van der Waals surface area (Å²) < 4.78 is 8.63. The second-order valence-electron chi connectivity index (χ2n) is 5.97. The van der Waals surface area contributed by atoms with E-state index in [0.717, 1.165) is 37.5 Å². The summed E-state index contributed by atoms with van der Waals surface area (Å²) in [4.78, 5) is 12.2. The molecule has 124 valence electrons. The van der Waals surface area contributed by atoms with Crippen LogP contribution < -0.4 is 10.3 Å². The molecule has 0 aliphatic rings. The first-order valence-corrected chi connectivity index (χ1v) is 8.82. The minimum Gasteiger partial charge on any atom is -0.488 e. The van der Waals surface area contributed by atoms with Crippen molar-refractivity contribution in [3.8, 4) is 5.75 Å². The van der Waals surface area contributed by atoms with Crippen LogP contribution in [-0.2, 0) is 13.7 Å². The van der Waals surface area contributed by atoms with Crippen LogP contribution in [0.25, 0.3) is 21.7 Å².